The van der Waals surface area contributed by atoms with Gasteiger partial charge >= 0.3 is 0 Å². The van der Waals surface area contributed by atoms with Gasteiger partial charge in [-0.25, -0.2) is 4.39 Å². The Morgan fingerprint density at radius 2 is 2.03 bits per heavy atom. The van der Waals surface area contributed by atoms with E-state index in [1.165, 1.54) is 23.1 Å². The Hall–Kier alpha value is -3.13. The number of likely N-dealkylation sites (tertiary alicyclic amines) is 1. The van der Waals surface area contributed by atoms with Gasteiger partial charge < -0.3 is 9.80 Å². The summed E-state index contributed by atoms with van der Waals surface area (Å²) in [4.78, 5) is 49.1. The Morgan fingerprint density at radius 3 is 2.72 bits per heavy atom. The van der Waals surface area contributed by atoms with E-state index in [4.69, 9.17) is 0 Å². The number of aromatic nitrogens is 1. The van der Waals surface area contributed by atoms with Crippen LogP contribution in [0.1, 0.15) is 30.9 Å². The summed E-state index contributed by atoms with van der Waals surface area (Å²) < 4.78 is 14.1. The van der Waals surface area contributed by atoms with Crippen LogP contribution in [-0.2, 0) is 26.3 Å². The molecule has 2 aromatic rings. The van der Waals surface area contributed by atoms with Crippen molar-refractivity contribution in [3.63, 3.8) is 0 Å². The number of imide groups is 1. The fourth-order valence-electron chi connectivity index (χ4n) is 4.53. The van der Waals surface area contributed by atoms with E-state index < -0.39 is 17.1 Å². The van der Waals surface area contributed by atoms with Crippen LogP contribution in [0.2, 0.25) is 0 Å². The highest BCUT2D eigenvalue weighted by molar-refractivity contribution is 6.10. The van der Waals surface area contributed by atoms with Crippen molar-refractivity contribution in [2.45, 2.75) is 37.8 Å². The molecular formula is C24H27FN4O3. The molecule has 2 aliphatic rings. The third kappa shape index (κ3) is 4.14. The fraction of sp³-hybridized carbons (Fsp3) is 0.417. The molecule has 0 spiro atoms. The maximum absolute atomic E-state index is 14.1. The Bertz CT molecular complexity index is 1030. The highest BCUT2D eigenvalue weighted by Crippen LogP contribution is 2.41. The molecule has 32 heavy (non-hydrogen) atoms. The molecule has 168 valence electrons. The van der Waals surface area contributed by atoms with Crippen LogP contribution in [0.3, 0.4) is 0 Å². The monoisotopic (exact) mass is 438 g/mol. The van der Waals surface area contributed by atoms with Gasteiger partial charge in [-0.2, -0.15) is 0 Å². The molecule has 0 radical (unpaired) electrons. The first-order valence-corrected chi connectivity index (χ1v) is 10.8. The summed E-state index contributed by atoms with van der Waals surface area (Å²) in [5.74, 6) is -1.54. The van der Waals surface area contributed by atoms with E-state index in [0.29, 0.717) is 24.2 Å². The van der Waals surface area contributed by atoms with Gasteiger partial charge in [0.15, 0.2) is 0 Å². The van der Waals surface area contributed by atoms with E-state index in [-0.39, 0.29) is 37.2 Å². The summed E-state index contributed by atoms with van der Waals surface area (Å²) in [5, 5.41) is 0. The van der Waals surface area contributed by atoms with Crippen LogP contribution in [0.5, 0.6) is 0 Å². The molecule has 0 bridgehead atoms. The zero-order valence-corrected chi connectivity index (χ0v) is 18.3. The van der Waals surface area contributed by atoms with Gasteiger partial charge in [-0.1, -0.05) is 18.2 Å². The first-order chi connectivity index (χ1) is 15.3. The van der Waals surface area contributed by atoms with Crippen molar-refractivity contribution in [1.82, 2.24) is 19.7 Å². The van der Waals surface area contributed by atoms with Gasteiger partial charge in [0.1, 0.15) is 5.82 Å². The zero-order valence-electron chi connectivity index (χ0n) is 18.3. The molecule has 0 N–H and O–H groups in total. The molecule has 1 aromatic carbocycles. The van der Waals surface area contributed by atoms with Crippen molar-refractivity contribution in [2.75, 3.05) is 26.7 Å². The average molecular weight is 439 g/mol. The minimum absolute atomic E-state index is 0.0717. The largest absolute Gasteiger partial charge is 0.340 e. The molecule has 2 atom stereocenters. The minimum atomic E-state index is -1.41. The lowest BCUT2D eigenvalue weighted by atomic mass is 9.75. The highest BCUT2D eigenvalue weighted by atomic mass is 19.1. The second kappa shape index (κ2) is 8.78. The van der Waals surface area contributed by atoms with Gasteiger partial charge in [0, 0.05) is 50.9 Å². The second-order valence-corrected chi connectivity index (χ2v) is 8.76. The van der Waals surface area contributed by atoms with E-state index in [1.807, 2.05) is 14.0 Å². The van der Waals surface area contributed by atoms with Gasteiger partial charge in [-0.3, -0.25) is 24.3 Å². The van der Waals surface area contributed by atoms with E-state index >= 15 is 0 Å². The predicted octanol–water partition coefficient (Wildman–Crippen LogP) is 1.97. The van der Waals surface area contributed by atoms with Crippen molar-refractivity contribution in [3.8, 4) is 0 Å². The lowest BCUT2D eigenvalue weighted by Crippen LogP contribution is -2.53. The number of carbonyl (C=O) groups is 3. The van der Waals surface area contributed by atoms with Crippen molar-refractivity contribution >= 4 is 17.7 Å². The van der Waals surface area contributed by atoms with E-state index in [1.54, 1.807) is 35.5 Å². The van der Waals surface area contributed by atoms with Crippen LogP contribution in [0.4, 0.5) is 4.39 Å². The van der Waals surface area contributed by atoms with Crippen molar-refractivity contribution in [2.24, 2.45) is 0 Å². The average Bonchev–Trinajstić information content (AvgIpc) is 3.01. The zero-order chi connectivity index (χ0) is 22.9. The van der Waals surface area contributed by atoms with Gasteiger partial charge in [0.25, 0.3) is 0 Å². The summed E-state index contributed by atoms with van der Waals surface area (Å²) in [7, 11) is 2.01. The molecule has 2 fully saturated rings. The third-order valence-electron chi connectivity index (χ3n) is 6.61. The number of benzene rings is 1. The number of nitrogens with zero attached hydrogens (tertiary/aromatic N) is 4. The van der Waals surface area contributed by atoms with Gasteiger partial charge in [0.2, 0.25) is 17.7 Å². The topological polar surface area (TPSA) is 73.8 Å². The molecule has 2 saturated heterocycles. The normalized spacial score (nSPS) is 24.3. The molecular weight excluding hydrogens is 411 g/mol. The fourth-order valence-corrected chi connectivity index (χ4v) is 4.53. The Balaban J connectivity index is 1.66. The lowest BCUT2D eigenvalue weighted by molar-refractivity contribution is -0.144. The quantitative estimate of drug-likeness (QED) is 0.668. The van der Waals surface area contributed by atoms with E-state index in [0.717, 1.165) is 6.54 Å². The molecule has 8 heteroatoms. The lowest BCUT2D eigenvalue weighted by Gasteiger charge is -2.39. The molecule has 2 aliphatic heterocycles. The van der Waals surface area contributed by atoms with Crippen LogP contribution in [0.15, 0.2) is 48.8 Å². The number of piperazine rings is 1. The van der Waals surface area contributed by atoms with Gasteiger partial charge in [0.05, 0.1) is 12.0 Å². The number of hydrogen-bond acceptors (Lipinski definition) is 5. The third-order valence-corrected chi connectivity index (χ3v) is 6.61. The summed E-state index contributed by atoms with van der Waals surface area (Å²) in [6, 6.07) is 9.40. The summed E-state index contributed by atoms with van der Waals surface area (Å²) >= 11 is 0. The number of likely N-dealkylation sites (N-methyl/N-ethyl adjacent to an activating group) is 1. The number of carbonyl (C=O) groups excluding carboxylic acids is 3. The maximum Gasteiger partial charge on any atom is 0.241 e. The molecule has 3 amide bonds. The first-order valence-electron chi connectivity index (χ1n) is 10.8. The van der Waals surface area contributed by atoms with Gasteiger partial charge in [-0.15, -0.1) is 0 Å². The molecule has 0 saturated carbocycles. The predicted molar refractivity (Wildman–Crippen MR) is 116 cm³/mol. The molecule has 1 aromatic heterocycles. The van der Waals surface area contributed by atoms with Crippen LogP contribution >= 0.6 is 0 Å². The SMILES string of the molecule is CC1CN(C(=O)CC2(c3cccc(F)c3)CC(=O)N(Cc3cccnc3)C2=O)CCN1C. The van der Waals surface area contributed by atoms with Crippen LogP contribution in [-0.4, -0.2) is 70.1 Å². The summed E-state index contributed by atoms with van der Waals surface area (Å²) in [5.41, 5.74) is -0.339. The van der Waals surface area contributed by atoms with Crippen molar-refractivity contribution in [3.05, 3.63) is 65.7 Å². The van der Waals surface area contributed by atoms with Crippen molar-refractivity contribution < 1.29 is 18.8 Å². The van der Waals surface area contributed by atoms with Crippen molar-refractivity contribution in [1.29, 1.82) is 0 Å². The first kappa shape index (κ1) is 22.1. The number of halogens is 1. The number of amides is 3. The minimum Gasteiger partial charge on any atom is -0.340 e. The highest BCUT2D eigenvalue weighted by Gasteiger charge is 2.54. The van der Waals surface area contributed by atoms with E-state index in [2.05, 4.69) is 9.88 Å². The van der Waals surface area contributed by atoms with Gasteiger partial charge in [-0.05, 0) is 43.3 Å². The van der Waals surface area contributed by atoms with Crippen LogP contribution in [0.25, 0.3) is 0 Å². The number of pyridine rings is 1. The number of rotatable bonds is 5. The molecule has 0 aliphatic carbocycles. The standard InChI is InChI=1S/C24H27FN4O3/c1-17-15-28(10-9-27(17)2)21(30)12-24(19-6-3-7-20(25)11-19)13-22(31)29(23(24)32)16-18-5-4-8-26-14-18/h3-8,11,14,17H,9-10,12-13,15-16H2,1-2H3. The maximum atomic E-state index is 14.1. The second-order valence-electron chi connectivity index (χ2n) is 8.76. The Morgan fingerprint density at radius 1 is 1.22 bits per heavy atom. The molecule has 4 rings (SSSR count). The number of hydrogen-bond donors (Lipinski definition) is 0. The molecule has 7 nitrogen and oxygen atoms in total. The molecule has 3 heterocycles. The van der Waals surface area contributed by atoms with Crippen LogP contribution in [0, 0.1) is 5.82 Å². The Kier molecular flexibility index (Phi) is 6.06. The summed E-state index contributed by atoms with van der Waals surface area (Å²) in [6.45, 7) is 3.96. The smallest absolute Gasteiger partial charge is 0.241 e. The van der Waals surface area contributed by atoms with Crippen LogP contribution < -0.4 is 0 Å². The van der Waals surface area contributed by atoms with E-state index in [9.17, 15) is 18.8 Å². The Labute approximate surface area is 186 Å². The molecule has 2 unspecified atom stereocenters. The summed E-state index contributed by atoms with van der Waals surface area (Å²) in [6.07, 6.45) is 2.88.